The quantitative estimate of drug-likeness (QED) is 0.813. The molecule has 1 fully saturated rings. The Kier molecular flexibility index (Phi) is 5.75. The number of hydrazone groups is 1. The van der Waals surface area contributed by atoms with E-state index in [2.05, 4.69) is 5.10 Å². The molecule has 1 saturated heterocycles. The highest BCUT2D eigenvalue weighted by Gasteiger charge is 2.26. The van der Waals surface area contributed by atoms with Crippen LogP contribution in [0.5, 0.6) is 0 Å². The molecule has 0 bridgehead atoms. The van der Waals surface area contributed by atoms with Crippen molar-refractivity contribution in [1.29, 1.82) is 0 Å². The number of morpholine rings is 1. The average Bonchev–Trinajstić information content (AvgIpc) is 3.17. The molecule has 1 aromatic carbocycles. The van der Waals surface area contributed by atoms with Crippen molar-refractivity contribution in [2.45, 2.75) is 25.4 Å². The maximum atomic E-state index is 12.7. The molecular formula is C18H22FN3O3. The van der Waals surface area contributed by atoms with E-state index in [1.54, 1.807) is 4.90 Å². The summed E-state index contributed by atoms with van der Waals surface area (Å²) in [6.45, 7) is 0.977. The normalized spacial score (nSPS) is 20.5. The van der Waals surface area contributed by atoms with Crippen molar-refractivity contribution in [2.24, 2.45) is 5.10 Å². The lowest BCUT2D eigenvalue weighted by atomic mass is 10.1. The molecule has 25 heavy (non-hydrogen) atoms. The van der Waals surface area contributed by atoms with Crippen molar-refractivity contribution in [2.75, 3.05) is 32.9 Å². The van der Waals surface area contributed by atoms with Crippen LogP contribution in [0.4, 0.5) is 4.39 Å². The van der Waals surface area contributed by atoms with Crippen molar-refractivity contribution in [1.82, 2.24) is 9.91 Å². The predicted octanol–water partition coefficient (Wildman–Crippen LogP) is 1.60. The molecule has 1 atom stereocenters. The lowest BCUT2D eigenvalue weighted by Gasteiger charge is -2.31. The summed E-state index contributed by atoms with van der Waals surface area (Å²) >= 11 is 0. The molecule has 0 N–H and O–H groups in total. The summed E-state index contributed by atoms with van der Waals surface area (Å²) in [7, 11) is 0. The van der Waals surface area contributed by atoms with E-state index in [9.17, 15) is 14.0 Å². The number of halogens is 1. The van der Waals surface area contributed by atoms with Gasteiger partial charge in [0.25, 0.3) is 0 Å². The summed E-state index contributed by atoms with van der Waals surface area (Å²) in [5.41, 5.74) is 1.90. The van der Waals surface area contributed by atoms with Gasteiger partial charge >= 0.3 is 0 Å². The Balaban J connectivity index is 1.50. The number of benzene rings is 1. The summed E-state index contributed by atoms with van der Waals surface area (Å²) in [5, 5.41) is 5.82. The second-order valence-electron chi connectivity index (χ2n) is 6.17. The van der Waals surface area contributed by atoms with Crippen LogP contribution in [0.1, 0.15) is 24.8 Å². The molecule has 6 nitrogen and oxygen atoms in total. The molecule has 3 rings (SSSR count). The minimum atomic E-state index is -0.604. The zero-order chi connectivity index (χ0) is 17.6. The lowest BCUT2D eigenvalue weighted by Crippen LogP contribution is -2.46. The lowest BCUT2D eigenvalue weighted by molar-refractivity contribution is -0.142. The van der Waals surface area contributed by atoms with Gasteiger partial charge in [-0.3, -0.25) is 9.59 Å². The molecular weight excluding hydrogens is 325 g/mol. The number of nitrogens with zero attached hydrogens (tertiary/aromatic N) is 3. The number of rotatable bonds is 5. The Hall–Kier alpha value is -2.28. The number of carbonyl (C=O) groups is 2. The van der Waals surface area contributed by atoms with Gasteiger partial charge in [0.2, 0.25) is 11.8 Å². The Bertz CT molecular complexity index is 650. The van der Waals surface area contributed by atoms with Gasteiger partial charge < -0.3 is 9.64 Å². The van der Waals surface area contributed by atoms with E-state index in [-0.39, 0.29) is 31.2 Å². The number of hydrogen-bond acceptors (Lipinski definition) is 4. The third kappa shape index (κ3) is 4.42. The SMILES string of the molecule is O=C(CCC(=O)N1CCC(c2ccccc2)=N1)N1CCO[C@@H](CF)C1. The van der Waals surface area contributed by atoms with E-state index < -0.39 is 12.8 Å². The van der Waals surface area contributed by atoms with E-state index in [0.29, 0.717) is 26.1 Å². The smallest absolute Gasteiger partial charge is 0.243 e. The Morgan fingerprint density at radius 2 is 1.92 bits per heavy atom. The highest BCUT2D eigenvalue weighted by molar-refractivity contribution is 6.02. The van der Waals surface area contributed by atoms with Gasteiger partial charge in [-0.15, -0.1) is 0 Å². The minimum Gasteiger partial charge on any atom is -0.372 e. The van der Waals surface area contributed by atoms with Crippen LogP contribution >= 0.6 is 0 Å². The largest absolute Gasteiger partial charge is 0.372 e. The van der Waals surface area contributed by atoms with E-state index in [0.717, 1.165) is 11.3 Å². The maximum Gasteiger partial charge on any atom is 0.243 e. The predicted molar refractivity (Wildman–Crippen MR) is 90.8 cm³/mol. The first kappa shape index (κ1) is 17.5. The topological polar surface area (TPSA) is 62.2 Å². The van der Waals surface area contributed by atoms with Gasteiger partial charge in [0.1, 0.15) is 12.8 Å². The van der Waals surface area contributed by atoms with Gasteiger partial charge in [-0.25, -0.2) is 9.40 Å². The highest BCUT2D eigenvalue weighted by atomic mass is 19.1. The average molecular weight is 347 g/mol. The first-order valence-corrected chi connectivity index (χ1v) is 8.56. The van der Waals surface area contributed by atoms with Gasteiger partial charge in [-0.05, 0) is 5.56 Å². The van der Waals surface area contributed by atoms with E-state index in [1.807, 2.05) is 30.3 Å². The van der Waals surface area contributed by atoms with Crippen LogP contribution in [0, 0.1) is 0 Å². The summed E-state index contributed by atoms with van der Waals surface area (Å²) < 4.78 is 17.9. The first-order valence-electron chi connectivity index (χ1n) is 8.56. The molecule has 0 saturated carbocycles. The Morgan fingerprint density at radius 3 is 2.68 bits per heavy atom. The summed E-state index contributed by atoms with van der Waals surface area (Å²) in [5.74, 6) is -0.295. The highest BCUT2D eigenvalue weighted by Crippen LogP contribution is 2.15. The zero-order valence-electron chi connectivity index (χ0n) is 14.1. The summed E-state index contributed by atoms with van der Waals surface area (Å²) in [6, 6.07) is 9.75. The van der Waals surface area contributed by atoms with Crippen molar-refractivity contribution >= 4 is 17.5 Å². The van der Waals surface area contributed by atoms with Gasteiger partial charge in [0.15, 0.2) is 0 Å². The Morgan fingerprint density at radius 1 is 1.16 bits per heavy atom. The first-order chi connectivity index (χ1) is 12.2. The Labute approximate surface area is 146 Å². The van der Waals surface area contributed by atoms with E-state index >= 15 is 0 Å². The molecule has 0 spiro atoms. The third-order valence-corrected chi connectivity index (χ3v) is 4.41. The van der Waals surface area contributed by atoms with Gasteiger partial charge in [-0.1, -0.05) is 30.3 Å². The molecule has 1 aromatic rings. The second kappa shape index (κ2) is 8.20. The second-order valence-corrected chi connectivity index (χ2v) is 6.17. The molecule has 0 aromatic heterocycles. The van der Waals surface area contributed by atoms with E-state index in [4.69, 9.17) is 4.74 Å². The molecule has 2 aliphatic rings. The van der Waals surface area contributed by atoms with Crippen LogP contribution in [0.2, 0.25) is 0 Å². The monoisotopic (exact) mass is 347 g/mol. The third-order valence-electron chi connectivity index (χ3n) is 4.41. The maximum absolute atomic E-state index is 12.7. The van der Waals surface area contributed by atoms with Crippen molar-refractivity contribution in [3.63, 3.8) is 0 Å². The van der Waals surface area contributed by atoms with Crippen molar-refractivity contribution in [3.8, 4) is 0 Å². The van der Waals surface area contributed by atoms with E-state index in [1.165, 1.54) is 5.01 Å². The van der Waals surface area contributed by atoms with Crippen molar-refractivity contribution in [3.05, 3.63) is 35.9 Å². The minimum absolute atomic E-state index is 0.113. The molecule has 2 heterocycles. The van der Waals surface area contributed by atoms with Crippen LogP contribution in [-0.4, -0.2) is 66.5 Å². The van der Waals surface area contributed by atoms with Crippen LogP contribution in [0.25, 0.3) is 0 Å². The molecule has 7 heteroatoms. The number of ether oxygens (including phenoxy) is 1. The van der Waals surface area contributed by atoms with Gasteiger partial charge in [0.05, 0.1) is 18.9 Å². The summed E-state index contributed by atoms with van der Waals surface area (Å²) in [6.07, 6.45) is 0.391. The standard InChI is InChI=1S/C18H22FN3O3/c19-12-15-13-21(10-11-25-15)17(23)6-7-18(24)22-9-8-16(20-22)14-4-2-1-3-5-14/h1-5,15H,6-13H2/t15-/m0/s1. The number of alkyl halides is 1. The molecule has 134 valence electrons. The van der Waals surface area contributed by atoms with Crippen molar-refractivity contribution < 1.29 is 18.7 Å². The number of hydrogen-bond donors (Lipinski definition) is 0. The molecule has 2 aliphatic heterocycles. The van der Waals surface area contributed by atoms with Crippen LogP contribution in [0.3, 0.4) is 0 Å². The summed E-state index contributed by atoms with van der Waals surface area (Å²) in [4.78, 5) is 26.1. The van der Waals surface area contributed by atoms with Crippen LogP contribution in [0.15, 0.2) is 35.4 Å². The van der Waals surface area contributed by atoms with Gasteiger partial charge in [0, 0.05) is 32.4 Å². The molecule has 0 radical (unpaired) electrons. The number of carbonyl (C=O) groups excluding carboxylic acids is 2. The molecule has 0 unspecified atom stereocenters. The molecule has 0 aliphatic carbocycles. The number of amides is 2. The fraction of sp³-hybridized carbons (Fsp3) is 0.500. The van der Waals surface area contributed by atoms with Crippen LogP contribution in [-0.2, 0) is 14.3 Å². The fourth-order valence-corrected chi connectivity index (χ4v) is 3.01. The van der Waals surface area contributed by atoms with Gasteiger partial charge in [-0.2, -0.15) is 5.10 Å². The zero-order valence-corrected chi connectivity index (χ0v) is 14.1. The van der Waals surface area contributed by atoms with Crippen LogP contribution < -0.4 is 0 Å². The fourth-order valence-electron chi connectivity index (χ4n) is 3.01. The molecule has 2 amide bonds.